The molecule has 0 N–H and O–H groups in total. The lowest BCUT2D eigenvalue weighted by atomic mass is 9.82. The van der Waals surface area contributed by atoms with Crippen LogP contribution in [0.2, 0.25) is 0 Å². The molecule has 0 amide bonds. The van der Waals surface area contributed by atoms with E-state index < -0.39 is 0 Å². The zero-order chi connectivity index (χ0) is 11.4. The van der Waals surface area contributed by atoms with E-state index in [0.717, 1.165) is 12.6 Å². The summed E-state index contributed by atoms with van der Waals surface area (Å²) in [5.74, 6) is 0.599. The maximum atomic E-state index is 4.54. The minimum absolute atomic E-state index is 0.599. The molecule has 0 saturated carbocycles. The lowest BCUT2D eigenvalue weighted by Crippen LogP contribution is -2.31. The number of hydrogen-bond acceptors (Lipinski definition) is 2. The Balaban J connectivity index is 1.96. The minimum Gasteiger partial charge on any atom is -0.374 e. The van der Waals surface area contributed by atoms with E-state index in [1.165, 1.54) is 25.7 Å². The van der Waals surface area contributed by atoms with Crippen molar-refractivity contribution in [1.29, 1.82) is 0 Å². The average Bonchev–Trinajstić information content (AvgIpc) is 2.55. The van der Waals surface area contributed by atoms with Crippen LogP contribution in [-0.2, 0) is 0 Å². The Bertz CT molecular complexity index is 493. The fourth-order valence-electron chi connectivity index (χ4n) is 3.94. The fraction of sp³-hybridized carbons (Fsp3) is 0.533. The van der Waals surface area contributed by atoms with Crippen molar-refractivity contribution in [2.24, 2.45) is 10.9 Å². The second-order valence-electron chi connectivity index (χ2n) is 5.59. The number of fused-ring (bicyclic) bond motifs is 1. The van der Waals surface area contributed by atoms with Crippen LogP contribution in [0.5, 0.6) is 0 Å². The molecule has 2 unspecified atom stereocenters. The highest BCUT2D eigenvalue weighted by Gasteiger charge is 2.39. The molecule has 0 aromatic carbocycles. The van der Waals surface area contributed by atoms with Crippen LogP contribution in [-0.4, -0.2) is 30.7 Å². The van der Waals surface area contributed by atoms with Gasteiger partial charge in [-0.25, -0.2) is 0 Å². The first-order chi connectivity index (χ1) is 8.34. The van der Waals surface area contributed by atoms with E-state index in [4.69, 9.17) is 0 Å². The third-order valence-corrected chi connectivity index (χ3v) is 4.82. The van der Waals surface area contributed by atoms with Gasteiger partial charge >= 0.3 is 0 Å². The van der Waals surface area contributed by atoms with Crippen molar-refractivity contribution in [2.75, 3.05) is 13.6 Å². The van der Waals surface area contributed by atoms with Gasteiger partial charge in [0.25, 0.3) is 0 Å². The van der Waals surface area contributed by atoms with Gasteiger partial charge in [-0.2, -0.15) is 0 Å². The zero-order valence-corrected chi connectivity index (χ0v) is 10.3. The second kappa shape index (κ2) is 3.34. The first-order valence-electron chi connectivity index (χ1n) is 6.69. The smallest absolute Gasteiger partial charge is 0.0569 e. The monoisotopic (exact) mass is 226 g/mol. The highest BCUT2D eigenvalue weighted by atomic mass is 15.2. The standard InChI is InChI=1S/C15H18N2/c1-17-11-7-10-9-16-6-2-3-13-12(10)4-5-15(17)14(13)8-11/h2-3,9-11H,4-8H2,1H3. The summed E-state index contributed by atoms with van der Waals surface area (Å²) in [5, 5.41) is 0. The van der Waals surface area contributed by atoms with Crippen LogP contribution in [0.3, 0.4) is 0 Å². The summed E-state index contributed by atoms with van der Waals surface area (Å²) in [6, 6.07) is 0.718. The average molecular weight is 226 g/mol. The van der Waals surface area contributed by atoms with E-state index in [1.807, 2.05) is 0 Å². The molecule has 2 nitrogen and oxygen atoms in total. The molecule has 17 heavy (non-hydrogen) atoms. The fourth-order valence-corrected chi connectivity index (χ4v) is 3.94. The molecule has 0 saturated heterocycles. The number of nitrogens with zero attached hydrogens (tertiary/aromatic N) is 2. The molecule has 2 atom stereocenters. The van der Waals surface area contributed by atoms with Gasteiger partial charge in [-0.1, -0.05) is 17.7 Å². The second-order valence-corrected chi connectivity index (χ2v) is 5.59. The van der Waals surface area contributed by atoms with Crippen molar-refractivity contribution in [2.45, 2.75) is 31.7 Å². The highest BCUT2D eigenvalue weighted by Crippen LogP contribution is 2.48. The topological polar surface area (TPSA) is 15.6 Å². The molecule has 0 fully saturated rings. The molecule has 2 heteroatoms. The van der Waals surface area contributed by atoms with Crippen LogP contribution < -0.4 is 0 Å². The summed E-state index contributed by atoms with van der Waals surface area (Å²) in [6.07, 6.45) is 11.8. The Labute approximate surface area is 102 Å². The minimum atomic E-state index is 0.599. The highest BCUT2D eigenvalue weighted by molar-refractivity contribution is 5.70. The van der Waals surface area contributed by atoms with Gasteiger partial charge < -0.3 is 4.90 Å². The lowest BCUT2D eigenvalue weighted by Gasteiger charge is -2.34. The van der Waals surface area contributed by atoms with Crippen molar-refractivity contribution in [3.63, 3.8) is 0 Å². The molecule has 5 bridgehead atoms. The van der Waals surface area contributed by atoms with E-state index in [-0.39, 0.29) is 0 Å². The number of rotatable bonds is 0. The third-order valence-electron chi connectivity index (χ3n) is 4.82. The largest absolute Gasteiger partial charge is 0.374 e. The van der Waals surface area contributed by atoms with Crippen molar-refractivity contribution in [3.8, 4) is 0 Å². The molecule has 2 aliphatic heterocycles. The Kier molecular flexibility index (Phi) is 1.91. The van der Waals surface area contributed by atoms with Crippen LogP contribution >= 0.6 is 0 Å². The van der Waals surface area contributed by atoms with Crippen molar-refractivity contribution in [3.05, 3.63) is 34.6 Å². The van der Waals surface area contributed by atoms with Crippen LogP contribution in [0, 0.1) is 5.92 Å². The normalized spacial score (nSPS) is 34.3. The van der Waals surface area contributed by atoms with Gasteiger partial charge in [-0.05, 0) is 36.8 Å². The molecule has 0 aromatic rings. The van der Waals surface area contributed by atoms with E-state index in [1.54, 1.807) is 22.4 Å². The molecular weight excluding hydrogens is 208 g/mol. The van der Waals surface area contributed by atoms with Crippen LogP contribution in [0.4, 0.5) is 0 Å². The van der Waals surface area contributed by atoms with Gasteiger partial charge in [0, 0.05) is 30.9 Å². The Hall–Kier alpha value is -1.31. The molecule has 88 valence electrons. The Morgan fingerprint density at radius 1 is 1.35 bits per heavy atom. The Morgan fingerprint density at radius 3 is 3.24 bits per heavy atom. The van der Waals surface area contributed by atoms with Crippen molar-refractivity contribution < 1.29 is 0 Å². The van der Waals surface area contributed by atoms with Crippen LogP contribution in [0.25, 0.3) is 0 Å². The predicted octanol–water partition coefficient (Wildman–Crippen LogP) is 2.70. The SMILES string of the molecule is CN1C2=C3CC1CC1C=NCC=CC3=C1CC2. The van der Waals surface area contributed by atoms with E-state index >= 15 is 0 Å². The lowest BCUT2D eigenvalue weighted by molar-refractivity contribution is 0.288. The summed E-state index contributed by atoms with van der Waals surface area (Å²) < 4.78 is 0. The number of allylic oxidation sites excluding steroid dienone is 4. The van der Waals surface area contributed by atoms with Crippen LogP contribution in [0.15, 0.2) is 39.6 Å². The molecule has 4 rings (SSSR count). The first-order valence-corrected chi connectivity index (χ1v) is 6.69. The molecule has 4 aliphatic rings. The summed E-state index contributed by atoms with van der Waals surface area (Å²) >= 11 is 0. The molecule has 2 aliphatic carbocycles. The maximum absolute atomic E-state index is 4.54. The predicted molar refractivity (Wildman–Crippen MR) is 70.1 cm³/mol. The zero-order valence-electron chi connectivity index (χ0n) is 10.3. The van der Waals surface area contributed by atoms with E-state index in [2.05, 4.69) is 35.3 Å². The van der Waals surface area contributed by atoms with Gasteiger partial charge in [0.15, 0.2) is 0 Å². The first kappa shape index (κ1) is 9.69. The summed E-state index contributed by atoms with van der Waals surface area (Å²) in [4.78, 5) is 7.08. The molecule has 0 radical (unpaired) electrons. The summed E-state index contributed by atoms with van der Waals surface area (Å²) in [5.41, 5.74) is 6.50. The third kappa shape index (κ3) is 1.24. The number of likely N-dealkylation sites (tertiary alicyclic amines) is 1. The molecular formula is C15H18N2. The van der Waals surface area contributed by atoms with E-state index in [0.29, 0.717) is 5.92 Å². The van der Waals surface area contributed by atoms with Gasteiger partial charge in [-0.3, -0.25) is 4.99 Å². The molecule has 0 spiro atoms. The number of hydrogen-bond donors (Lipinski definition) is 0. The maximum Gasteiger partial charge on any atom is 0.0569 e. The van der Waals surface area contributed by atoms with Gasteiger partial charge in [-0.15, -0.1) is 0 Å². The van der Waals surface area contributed by atoms with Crippen molar-refractivity contribution >= 4 is 6.21 Å². The summed E-state index contributed by atoms with van der Waals surface area (Å²) in [6.45, 7) is 0.858. The summed E-state index contributed by atoms with van der Waals surface area (Å²) in [7, 11) is 2.28. The van der Waals surface area contributed by atoms with Gasteiger partial charge in [0.1, 0.15) is 0 Å². The molecule has 0 aromatic heterocycles. The van der Waals surface area contributed by atoms with Crippen molar-refractivity contribution in [1.82, 2.24) is 4.90 Å². The molecule has 2 heterocycles. The van der Waals surface area contributed by atoms with E-state index in [9.17, 15) is 0 Å². The van der Waals surface area contributed by atoms with Crippen LogP contribution in [0.1, 0.15) is 25.7 Å². The Morgan fingerprint density at radius 2 is 2.29 bits per heavy atom. The van der Waals surface area contributed by atoms with Gasteiger partial charge in [0.2, 0.25) is 0 Å². The quantitative estimate of drug-likeness (QED) is 0.620. The number of aliphatic imine (C=N–C) groups is 1. The van der Waals surface area contributed by atoms with Gasteiger partial charge in [0.05, 0.1) is 6.54 Å².